The number of carbonyl (C=O) groups is 1. The van der Waals surface area contributed by atoms with E-state index in [0.717, 1.165) is 25.8 Å². The van der Waals surface area contributed by atoms with Gasteiger partial charge in [0.2, 0.25) is 5.91 Å². The summed E-state index contributed by atoms with van der Waals surface area (Å²) in [6.07, 6.45) is 3.19. The van der Waals surface area contributed by atoms with Gasteiger partial charge in [0.05, 0.1) is 6.54 Å². The Kier molecular flexibility index (Phi) is 4.36. The molecule has 1 aliphatic heterocycles. The minimum Gasteiger partial charge on any atom is -0.362 e. The zero-order valence-corrected chi connectivity index (χ0v) is 13.1. The predicted octanol–water partition coefficient (Wildman–Crippen LogP) is 3.05. The Hall–Kier alpha value is -1.51. The van der Waals surface area contributed by atoms with Crippen molar-refractivity contribution in [3.8, 4) is 0 Å². The topological polar surface area (TPSA) is 32.3 Å². The third kappa shape index (κ3) is 3.53. The summed E-state index contributed by atoms with van der Waals surface area (Å²) in [7, 11) is 0. The summed E-state index contributed by atoms with van der Waals surface area (Å²) in [6, 6.07) is 6.53. The molecule has 2 rings (SSSR count). The number of aryl methyl sites for hydroxylation is 2. The van der Waals surface area contributed by atoms with E-state index in [-0.39, 0.29) is 11.4 Å². The highest BCUT2D eigenvalue weighted by Crippen LogP contribution is 2.27. The normalized spacial score (nSPS) is 14.9. The van der Waals surface area contributed by atoms with Crippen molar-refractivity contribution in [3.05, 3.63) is 29.3 Å². The van der Waals surface area contributed by atoms with Crippen molar-refractivity contribution < 1.29 is 4.79 Å². The van der Waals surface area contributed by atoms with Gasteiger partial charge in [-0.3, -0.25) is 4.79 Å². The first-order valence-electron chi connectivity index (χ1n) is 7.57. The third-order valence-electron chi connectivity index (χ3n) is 4.15. The number of anilines is 1. The first-order chi connectivity index (χ1) is 9.41. The van der Waals surface area contributed by atoms with Gasteiger partial charge in [0.15, 0.2) is 0 Å². The van der Waals surface area contributed by atoms with Gasteiger partial charge in [-0.25, -0.2) is 0 Å². The molecule has 0 saturated heterocycles. The van der Waals surface area contributed by atoms with Crippen molar-refractivity contribution in [1.29, 1.82) is 0 Å². The highest BCUT2D eigenvalue weighted by Gasteiger charge is 2.22. The second-order valence-electron chi connectivity index (χ2n) is 6.44. The van der Waals surface area contributed by atoms with E-state index in [1.54, 1.807) is 0 Å². The van der Waals surface area contributed by atoms with Crippen LogP contribution in [0.2, 0.25) is 0 Å². The number of rotatable bonds is 4. The van der Waals surface area contributed by atoms with E-state index in [1.807, 2.05) is 0 Å². The average Bonchev–Trinajstić information content (AvgIpc) is 2.38. The van der Waals surface area contributed by atoms with Gasteiger partial charge in [-0.05, 0) is 51.7 Å². The molecule has 0 fully saturated rings. The van der Waals surface area contributed by atoms with Gasteiger partial charge in [-0.1, -0.05) is 24.6 Å². The maximum atomic E-state index is 12.2. The van der Waals surface area contributed by atoms with Crippen LogP contribution in [-0.4, -0.2) is 24.5 Å². The molecule has 1 aromatic carbocycles. The van der Waals surface area contributed by atoms with E-state index >= 15 is 0 Å². The summed E-state index contributed by atoms with van der Waals surface area (Å²) in [4.78, 5) is 14.4. The van der Waals surface area contributed by atoms with Gasteiger partial charge in [0, 0.05) is 17.8 Å². The summed E-state index contributed by atoms with van der Waals surface area (Å²) in [6.45, 7) is 9.78. The quantitative estimate of drug-likeness (QED) is 0.915. The predicted molar refractivity (Wildman–Crippen MR) is 84.2 cm³/mol. The molecule has 0 aromatic heterocycles. The lowest BCUT2D eigenvalue weighted by atomic mass is 9.99. The van der Waals surface area contributed by atoms with E-state index in [1.165, 1.54) is 16.8 Å². The first-order valence-corrected chi connectivity index (χ1v) is 7.57. The van der Waals surface area contributed by atoms with Crippen LogP contribution in [-0.2, 0) is 11.2 Å². The van der Waals surface area contributed by atoms with Gasteiger partial charge in [0.1, 0.15) is 0 Å². The number of hydrogen-bond acceptors (Lipinski definition) is 2. The number of carbonyl (C=O) groups excluding carboxylic acids is 1. The molecule has 0 unspecified atom stereocenters. The summed E-state index contributed by atoms with van der Waals surface area (Å²) in [5.74, 6) is 0.116. The molecule has 1 aromatic rings. The Morgan fingerprint density at radius 2 is 2.15 bits per heavy atom. The standard InChI is InChI=1S/C17H26N2O/c1-5-17(3,4)18-16(20)12-19-10-6-7-14-11-13(2)8-9-15(14)19/h8-9,11H,5-7,10,12H2,1-4H3,(H,18,20). The van der Waals surface area contributed by atoms with Crippen LogP contribution < -0.4 is 10.2 Å². The minimum absolute atomic E-state index is 0.116. The van der Waals surface area contributed by atoms with Crippen LogP contribution in [0.1, 0.15) is 44.7 Å². The van der Waals surface area contributed by atoms with E-state index in [0.29, 0.717) is 6.54 Å². The third-order valence-corrected chi connectivity index (χ3v) is 4.15. The molecule has 0 aliphatic carbocycles. The molecule has 0 saturated carbocycles. The fourth-order valence-corrected chi connectivity index (χ4v) is 2.65. The minimum atomic E-state index is -0.122. The number of hydrogen-bond donors (Lipinski definition) is 1. The molecule has 20 heavy (non-hydrogen) atoms. The average molecular weight is 274 g/mol. The summed E-state index contributed by atoms with van der Waals surface area (Å²) >= 11 is 0. The lowest BCUT2D eigenvalue weighted by Gasteiger charge is -2.32. The molecule has 3 nitrogen and oxygen atoms in total. The molecular formula is C17H26N2O. The Bertz CT molecular complexity index is 494. The second-order valence-corrected chi connectivity index (χ2v) is 6.44. The van der Waals surface area contributed by atoms with Crippen molar-refractivity contribution in [2.75, 3.05) is 18.0 Å². The van der Waals surface area contributed by atoms with Gasteiger partial charge >= 0.3 is 0 Å². The summed E-state index contributed by atoms with van der Waals surface area (Å²) in [5, 5.41) is 3.11. The number of nitrogens with one attached hydrogen (secondary N) is 1. The van der Waals surface area contributed by atoms with Crippen molar-refractivity contribution in [2.24, 2.45) is 0 Å². The van der Waals surface area contributed by atoms with Crippen molar-refractivity contribution in [1.82, 2.24) is 5.32 Å². The lowest BCUT2D eigenvalue weighted by Crippen LogP contribution is -2.48. The second kappa shape index (κ2) is 5.86. The maximum Gasteiger partial charge on any atom is 0.239 e. The molecule has 0 radical (unpaired) electrons. The molecule has 1 aliphatic rings. The highest BCUT2D eigenvalue weighted by atomic mass is 16.2. The molecule has 1 N–H and O–H groups in total. The molecule has 0 spiro atoms. The van der Waals surface area contributed by atoms with Crippen LogP contribution in [0.4, 0.5) is 5.69 Å². The van der Waals surface area contributed by atoms with Gasteiger partial charge in [-0.15, -0.1) is 0 Å². The van der Waals surface area contributed by atoms with Gasteiger partial charge < -0.3 is 10.2 Å². The van der Waals surface area contributed by atoms with E-state index in [2.05, 4.69) is 56.1 Å². The summed E-state index contributed by atoms with van der Waals surface area (Å²) < 4.78 is 0. The number of fused-ring (bicyclic) bond motifs is 1. The van der Waals surface area contributed by atoms with E-state index in [4.69, 9.17) is 0 Å². The van der Waals surface area contributed by atoms with Crippen molar-refractivity contribution >= 4 is 11.6 Å². The zero-order valence-electron chi connectivity index (χ0n) is 13.1. The monoisotopic (exact) mass is 274 g/mol. The Labute approximate surface area is 122 Å². The Morgan fingerprint density at radius 3 is 2.85 bits per heavy atom. The molecule has 1 heterocycles. The largest absolute Gasteiger partial charge is 0.362 e. The molecule has 3 heteroatoms. The van der Waals surface area contributed by atoms with Crippen LogP contribution in [0, 0.1) is 6.92 Å². The van der Waals surface area contributed by atoms with Crippen LogP contribution in [0.5, 0.6) is 0 Å². The number of benzene rings is 1. The maximum absolute atomic E-state index is 12.2. The summed E-state index contributed by atoms with van der Waals surface area (Å²) in [5.41, 5.74) is 3.77. The smallest absolute Gasteiger partial charge is 0.239 e. The lowest BCUT2D eigenvalue weighted by molar-refractivity contribution is -0.121. The first kappa shape index (κ1) is 14.9. The molecule has 110 valence electrons. The Balaban J connectivity index is 2.07. The fraction of sp³-hybridized carbons (Fsp3) is 0.588. The molecule has 0 atom stereocenters. The van der Waals surface area contributed by atoms with Crippen LogP contribution in [0.25, 0.3) is 0 Å². The van der Waals surface area contributed by atoms with Crippen LogP contribution in [0.15, 0.2) is 18.2 Å². The highest BCUT2D eigenvalue weighted by molar-refractivity contribution is 5.82. The SMILES string of the molecule is CCC(C)(C)NC(=O)CN1CCCc2cc(C)ccc21. The van der Waals surface area contributed by atoms with Crippen molar-refractivity contribution in [3.63, 3.8) is 0 Å². The van der Waals surface area contributed by atoms with Crippen LogP contribution in [0.3, 0.4) is 0 Å². The number of amides is 1. The zero-order chi connectivity index (χ0) is 14.8. The van der Waals surface area contributed by atoms with E-state index < -0.39 is 0 Å². The molecule has 1 amide bonds. The number of nitrogens with zero attached hydrogens (tertiary/aromatic N) is 1. The fourth-order valence-electron chi connectivity index (χ4n) is 2.65. The van der Waals surface area contributed by atoms with E-state index in [9.17, 15) is 4.79 Å². The molecular weight excluding hydrogens is 248 g/mol. The van der Waals surface area contributed by atoms with Gasteiger partial charge in [-0.2, -0.15) is 0 Å². The van der Waals surface area contributed by atoms with Crippen molar-refractivity contribution in [2.45, 2.75) is 52.5 Å². The van der Waals surface area contributed by atoms with Crippen LogP contribution >= 0.6 is 0 Å². The molecule has 0 bridgehead atoms. The van der Waals surface area contributed by atoms with Gasteiger partial charge in [0.25, 0.3) is 0 Å². The Morgan fingerprint density at radius 1 is 1.40 bits per heavy atom.